The number of halogens is 1. The van der Waals surface area contributed by atoms with Gasteiger partial charge in [-0.25, -0.2) is 9.07 Å². The summed E-state index contributed by atoms with van der Waals surface area (Å²) in [7, 11) is 0. The van der Waals surface area contributed by atoms with E-state index in [0.717, 1.165) is 66.7 Å². The van der Waals surface area contributed by atoms with Crippen LogP contribution in [0.3, 0.4) is 0 Å². The van der Waals surface area contributed by atoms with Crippen molar-refractivity contribution in [3.8, 4) is 16.8 Å². The Morgan fingerprint density at radius 1 is 1.00 bits per heavy atom. The summed E-state index contributed by atoms with van der Waals surface area (Å²) in [5.41, 5.74) is 5.47. The molecule has 36 heavy (non-hydrogen) atoms. The molecule has 184 valence electrons. The number of amides is 1. The van der Waals surface area contributed by atoms with Crippen LogP contribution in [0.2, 0.25) is 0 Å². The van der Waals surface area contributed by atoms with Gasteiger partial charge in [0.05, 0.1) is 17.4 Å². The number of carbonyl (C=O) groups excluding carboxylic acids is 1. The van der Waals surface area contributed by atoms with Crippen LogP contribution in [0.1, 0.15) is 41.6 Å². The Balaban J connectivity index is 1.27. The Morgan fingerprint density at radius 2 is 1.78 bits per heavy atom. The lowest BCUT2D eigenvalue weighted by molar-refractivity contribution is 0.0904. The standard InChI is InChI=1S/C29H29FN4O2/c1-18-26(15-20(16-27(18)30)29(35)33-23-3-4-23)19-2-9-28-21(14-19)17-31-34(28)25-7-5-22(6-8-25)32-24-10-12-36-13-11-24/h2,5-9,14-17,23-24,32H,3-4,10-13H2,1H3,(H,33,35). The highest BCUT2D eigenvalue weighted by Gasteiger charge is 2.24. The van der Waals surface area contributed by atoms with Crippen LogP contribution in [0.25, 0.3) is 27.7 Å². The van der Waals surface area contributed by atoms with Crippen LogP contribution in [0.4, 0.5) is 10.1 Å². The van der Waals surface area contributed by atoms with E-state index >= 15 is 0 Å². The summed E-state index contributed by atoms with van der Waals surface area (Å²) in [5, 5.41) is 12.1. The lowest BCUT2D eigenvalue weighted by Gasteiger charge is -2.24. The Morgan fingerprint density at radius 3 is 2.53 bits per heavy atom. The molecule has 2 N–H and O–H groups in total. The topological polar surface area (TPSA) is 68.2 Å². The molecule has 0 bridgehead atoms. The van der Waals surface area contributed by atoms with Crippen LogP contribution < -0.4 is 10.6 Å². The van der Waals surface area contributed by atoms with Gasteiger partial charge in [-0.2, -0.15) is 5.10 Å². The Hall–Kier alpha value is -3.71. The summed E-state index contributed by atoms with van der Waals surface area (Å²) in [6.07, 6.45) is 5.84. The zero-order chi connectivity index (χ0) is 24.6. The highest BCUT2D eigenvalue weighted by Crippen LogP contribution is 2.31. The lowest BCUT2D eigenvalue weighted by atomic mass is 9.96. The quantitative estimate of drug-likeness (QED) is 0.373. The second kappa shape index (κ2) is 9.39. The van der Waals surface area contributed by atoms with E-state index in [1.807, 2.05) is 29.1 Å². The summed E-state index contributed by atoms with van der Waals surface area (Å²) in [4.78, 5) is 12.5. The molecule has 0 spiro atoms. The fourth-order valence-electron chi connectivity index (χ4n) is 4.79. The van der Waals surface area contributed by atoms with E-state index in [2.05, 4.69) is 40.0 Å². The third-order valence-corrected chi connectivity index (χ3v) is 7.10. The van der Waals surface area contributed by atoms with Gasteiger partial charge in [0.15, 0.2) is 0 Å². The summed E-state index contributed by atoms with van der Waals surface area (Å²) < 4.78 is 22.1. The molecule has 6 nitrogen and oxygen atoms in total. The normalized spacial score (nSPS) is 16.3. The largest absolute Gasteiger partial charge is 0.382 e. The van der Waals surface area contributed by atoms with E-state index < -0.39 is 0 Å². The molecule has 2 fully saturated rings. The van der Waals surface area contributed by atoms with E-state index in [4.69, 9.17) is 4.74 Å². The minimum Gasteiger partial charge on any atom is -0.382 e. The van der Waals surface area contributed by atoms with Gasteiger partial charge in [0.1, 0.15) is 5.82 Å². The number of hydrogen-bond acceptors (Lipinski definition) is 4. The molecule has 0 unspecified atom stereocenters. The average molecular weight is 485 g/mol. The lowest BCUT2D eigenvalue weighted by Crippen LogP contribution is -2.27. The summed E-state index contributed by atoms with van der Waals surface area (Å²) in [5.74, 6) is -0.597. The molecule has 0 radical (unpaired) electrons. The number of hydrogen-bond donors (Lipinski definition) is 2. The van der Waals surface area contributed by atoms with Crippen LogP contribution in [-0.4, -0.2) is 41.0 Å². The van der Waals surface area contributed by atoms with Gasteiger partial charge in [0.25, 0.3) is 5.91 Å². The number of nitrogens with zero attached hydrogens (tertiary/aromatic N) is 2. The van der Waals surface area contributed by atoms with Crippen LogP contribution in [0.15, 0.2) is 60.8 Å². The molecule has 0 atom stereocenters. The van der Waals surface area contributed by atoms with Gasteiger partial charge < -0.3 is 15.4 Å². The minimum atomic E-state index is -0.376. The number of benzene rings is 3. The van der Waals surface area contributed by atoms with E-state index in [1.165, 1.54) is 6.07 Å². The van der Waals surface area contributed by atoms with Crippen LogP contribution in [0, 0.1) is 12.7 Å². The number of nitrogens with one attached hydrogen (secondary N) is 2. The van der Waals surface area contributed by atoms with Crippen molar-refractivity contribution in [1.82, 2.24) is 15.1 Å². The molecule has 1 saturated carbocycles. The first-order valence-corrected chi connectivity index (χ1v) is 12.6. The van der Waals surface area contributed by atoms with Gasteiger partial charge in [0, 0.05) is 41.9 Å². The van der Waals surface area contributed by atoms with Crippen molar-refractivity contribution < 1.29 is 13.9 Å². The van der Waals surface area contributed by atoms with Crippen molar-refractivity contribution in [3.05, 3.63) is 77.7 Å². The Kier molecular flexibility index (Phi) is 5.93. The van der Waals surface area contributed by atoms with Gasteiger partial charge >= 0.3 is 0 Å². The third kappa shape index (κ3) is 4.58. The summed E-state index contributed by atoms with van der Waals surface area (Å²) >= 11 is 0. The number of carbonyl (C=O) groups is 1. The highest BCUT2D eigenvalue weighted by molar-refractivity contribution is 5.96. The van der Waals surface area contributed by atoms with Crippen molar-refractivity contribution in [1.29, 1.82) is 0 Å². The molecule has 1 aromatic heterocycles. The maximum Gasteiger partial charge on any atom is 0.251 e. The van der Waals surface area contributed by atoms with Crippen molar-refractivity contribution in [2.75, 3.05) is 18.5 Å². The SMILES string of the molecule is Cc1c(F)cc(C(=O)NC2CC2)cc1-c1ccc2c(cnn2-c2ccc(NC3CCOCC3)cc2)c1. The maximum absolute atomic E-state index is 14.8. The fraction of sp³-hybridized carbons (Fsp3) is 0.310. The molecule has 6 rings (SSSR count). The fourth-order valence-corrected chi connectivity index (χ4v) is 4.79. The number of aromatic nitrogens is 2. The Bertz CT molecular complexity index is 1420. The zero-order valence-corrected chi connectivity index (χ0v) is 20.3. The first-order valence-electron chi connectivity index (χ1n) is 12.6. The molecule has 1 saturated heterocycles. The van der Waals surface area contributed by atoms with Gasteiger partial charge in [-0.15, -0.1) is 0 Å². The molecule has 4 aromatic rings. The second-order valence-corrected chi connectivity index (χ2v) is 9.79. The smallest absolute Gasteiger partial charge is 0.251 e. The molecular weight excluding hydrogens is 455 g/mol. The highest BCUT2D eigenvalue weighted by atomic mass is 19.1. The van der Waals surface area contributed by atoms with E-state index in [9.17, 15) is 9.18 Å². The maximum atomic E-state index is 14.8. The number of fused-ring (bicyclic) bond motifs is 1. The third-order valence-electron chi connectivity index (χ3n) is 7.10. The molecule has 7 heteroatoms. The van der Waals surface area contributed by atoms with Gasteiger partial charge in [0.2, 0.25) is 0 Å². The van der Waals surface area contributed by atoms with Crippen molar-refractivity contribution in [2.24, 2.45) is 0 Å². The van der Waals surface area contributed by atoms with Crippen LogP contribution >= 0.6 is 0 Å². The number of ether oxygens (including phenoxy) is 1. The summed E-state index contributed by atoms with van der Waals surface area (Å²) in [6.45, 7) is 3.36. The van der Waals surface area contributed by atoms with E-state index in [0.29, 0.717) is 22.7 Å². The number of anilines is 1. The summed E-state index contributed by atoms with van der Waals surface area (Å²) in [6, 6.07) is 18.0. The van der Waals surface area contributed by atoms with Crippen molar-refractivity contribution in [2.45, 2.75) is 44.7 Å². The van der Waals surface area contributed by atoms with E-state index in [1.54, 1.807) is 13.0 Å². The first kappa shape index (κ1) is 22.7. The molecular formula is C29H29FN4O2. The molecule has 3 aromatic carbocycles. The molecule has 1 aliphatic carbocycles. The van der Waals surface area contributed by atoms with Crippen molar-refractivity contribution >= 4 is 22.5 Å². The van der Waals surface area contributed by atoms with Gasteiger partial charge in [-0.05, 0) is 97.8 Å². The predicted molar refractivity (Wildman–Crippen MR) is 139 cm³/mol. The molecule has 2 heterocycles. The van der Waals surface area contributed by atoms with Gasteiger partial charge in [-0.1, -0.05) is 6.07 Å². The predicted octanol–water partition coefficient (Wildman–Crippen LogP) is 5.62. The molecule has 2 aliphatic rings. The van der Waals surface area contributed by atoms with E-state index in [-0.39, 0.29) is 17.8 Å². The van der Waals surface area contributed by atoms with Crippen molar-refractivity contribution in [3.63, 3.8) is 0 Å². The number of rotatable bonds is 6. The first-order chi connectivity index (χ1) is 17.5. The Labute approximate surface area is 209 Å². The molecule has 1 aliphatic heterocycles. The van der Waals surface area contributed by atoms with Crippen LogP contribution in [-0.2, 0) is 4.74 Å². The average Bonchev–Trinajstić information content (AvgIpc) is 3.61. The zero-order valence-electron chi connectivity index (χ0n) is 20.3. The monoisotopic (exact) mass is 484 g/mol. The van der Waals surface area contributed by atoms with Gasteiger partial charge in [-0.3, -0.25) is 4.79 Å². The molecule has 1 amide bonds. The minimum absolute atomic E-state index is 0.221. The second-order valence-electron chi connectivity index (χ2n) is 9.79. The van der Waals surface area contributed by atoms with Crippen LogP contribution in [0.5, 0.6) is 0 Å².